The highest BCUT2D eigenvalue weighted by Gasteiger charge is 2.15. The first-order valence-electron chi connectivity index (χ1n) is 5.13. The lowest BCUT2D eigenvalue weighted by Crippen LogP contribution is -2.39. The molecule has 84 valence electrons. The maximum Gasteiger partial charge on any atom is 0.224 e. The summed E-state index contributed by atoms with van der Waals surface area (Å²) in [5.41, 5.74) is 5.62. The summed E-state index contributed by atoms with van der Waals surface area (Å²) >= 11 is 0. The highest BCUT2D eigenvalue weighted by atomic mass is 16.1. The Hall–Kier alpha value is -0.610. The number of nitrogens with one attached hydrogen (secondary N) is 1. The molecule has 0 aliphatic rings. The summed E-state index contributed by atoms with van der Waals surface area (Å²) in [5, 5.41) is 2.87. The van der Waals surface area contributed by atoms with Crippen LogP contribution in [0.2, 0.25) is 0 Å². The van der Waals surface area contributed by atoms with Gasteiger partial charge in [-0.25, -0.2) is 0 Å². The highest BCUT2D eigenvalue weighted by Crippen LogP contribution is 1.98. The minimum atomic E-state index is -0.102. The Morgan fingerprint density at radius 3 is 2.43 bits per heavy atom. The van der Waals surface area contributed by atoms with Gasteiger partial charge in [0.25, 0.3) is 0 Å². The standard InChI is InChI=1S/C10H23N3O/c1-8(9(2)11)10(14)12-6-5-7-13(3)4/h8-9H,5-7,11H2,1-4H3,(H,12,14). The van der Waals surface area contributed by atoms with Gasteiger partial charge in [0, 0.05) is 18.5 Å². The molecule has 0 saturated carbocycles. The van der Waals surface area contributed by atoms with Gasteiger partial charge in [0.05, 0.1) is 0 Å². The second-order valence-electron chi connectivity index (χ2n) is 4.10. The van der Waals surface area contributed by atoms with Crippen molar-refractivity contribution in [3.05, 3.63) is 0 Å². The molecule has 0 spiro atoms. The van der Waals surface area contributed by atoms with Gasteiger partial charge in [-0.05, 0) is 34.0 Å². The third-order valence-corrected chi connectivity index (χ3v) is 2.28. The minimum Gasteiger partial charge on any atom is -0.356 e. The fraction of sp³-hybridized carbons (Fsp3) is 0.900. The van der Waals surface area contributed by atoms with Crippen molar-refractivity contribution < 1.29 is 4.79 Å². The highest BCUT2D eigenvalue weighted by molar-refractivity contribution is 5.78. The zero-order chi connectivity index (χ0) is 11.1. The average molecular weight is 201 g/mol. The molecular weight excluding hydrogens is 178 g/mol. The molecule has 0 aliphatic carbocycles. The predicted octanol–water partition coefficient (Wildman–Crippen LogP) is 0.0376. The van der Waals surface area contributed by atoms with Gasteiger partial charge >= 0.3 is 0 Å². The zero-order valence-electron chi connectivity index (χ0n) is 9.71. The molecule has 0 bridgehead atoms. The zero-order valence-corrected chi connectivity index (χ0v) is 9.71. The molecule has 0 aromatic carbocycles. The molecule has 4 heteroatoms. The smallest absolute Gasteiger partial charge is 0.224 e. The van der Waals surface area contributed by atoms with Gasteiger partial charge in [0.15, 0.2) is 0 Å². The molecule has 0 fully saturated rings. The molecule has 0 aromatic rings. The molecule has 0 radical (unpaired) electrons. The van der Waals surface area contributed by atoms with Crippen LogP contribution in [0, 0.1) is 5.92 Å². The Kier molecular flexibility index (Phi) is 6.49. The van der Waals surface area contributed by atoms with E-state index in [4.69, 9.17) is 5.73 Å². The van der Waals surface area contributed by atoms with E-state index in [-0.39, 0.29) is 17.9 Å². The number of nitrogens with two attached hydrogens (primary N) is 1. The second kappa shape index (κ2) is 6.79. The second-order valence-corrected chi connectivity index (χ2v) is 4.10. The fourth-order valence-electron chi connectivity index (χ4n) is 1.01. The van der Waals surface area contributed by atoms with E-state index >= 15 is 0 Å². The van der Waals surface area contributed by atoms with Crippen LogP contribution in [-0.4, -0.2) is 44.0 Å². The number of amides is 1. The van der Waals surface area contributed by atoms with Crippen molar-refractivity contribution in [2.45, 2.75) is 26.3 Å². The van der Waals surface area contributed by atoms with Crippen molar-refractivity contribution in [2.75, 3.05) is 27.2 Å². The molecule has 2 atom stereocenters. The largest absolute Gasteiger partial charge is 0.356 e. The van der Waals surface area contributed by atoms with Gasteiger partial charge in [0.1, 0.15) is 0 Å². The number of carbonyl (C=O) groups excluding carboxylic acids is 1. The van der Waals surface area contributed by atoms with Crippen molar-refractivity contribution in [1.82, 2.24) is 10.2 Å². The van der Waals surface area contributed by atoms with E-state index < -0.39 is 0 Å². The van der Waals surface area contributed by atoms with Crippen LogP contribution in [0.15, 0.2) is 0 Å². The van der Waals surface area contributed by atoms with Crippen molar-refractivity contribution in [3.8, 4) is 0 Å². The Bertz CT molecular complexity index is 169. The number of hydrogen-bond donors (Lipinski definition) is 2. The number of hydrogen-bond acceptors (Lipinski definition) is 3. The minimum absolute atomic E-state index is 0.0544. The Morgan fingerprint density at radius 1 is 1.43 bits per heavy atom. The van der Waals surface area contributed by atoms with Crippen molar-refractivity contribution >= 4 is 5.91 Å². The van der Waals surface area contributed by atoms with E-state index in [0.717, 1.165) is 19.5 Å². The van der Waals surface area contributed by atoms with E-state index in [2.05, 4.69) is 10.2 Å². The summed E-state index contributed by atoms with van der Waals surface area (Å²) < 4.78 is 0. The van der Waals surface area contributed by atoms with Crippen molar-refractivity contribution in [2.24, 2.45) is 11.7 Å². The van der Waals surface area contributed by atoms with Crippen LogP contribution in [0.3, 0.4) is 0 Å². The lowest BCUT2D eigenvalue weighted by molar-refractivity contribution is -0.124. The van der Waals surface area contributed by atoms with Gasteiger partial charge in [-0.3, -0.25) is 4.79 Å². The van der Waals surface area contributed by atoms with E-state index in [0.29, 0.717) is 0 Å². The molecule has 3 N–H and O–H groups in total. The van der Waals surface area contributed by atoms with Crippen LogP contribution in [-0.2, 0) is 4.79 Å². The van der Waals surface area contributed by atoms with Crippen LogP contribution in [0.5, 0.6) is 0 Å². The molecule has 4 nitrogen and oxygen atoms in total. The van der Waals surface area contributed by atoms with Crippen LogP contribution < -0.4 is 11.1 Å². The quantitative estimate of drug-likeness (QED) is 0.596. The topological polar surface area (TPSA) is 58.4 Å². The lowest BCUT2D eigenvalue weighted by Gasteiger charge is -2.16. The maximum absolute atomic E-state index is 11.4. The van der Waals surface area contributed by atoms with Crippen LogP contribution in [0.25, 0.3) is 0 Å². The van der Waals surface area contributed by atoms with Crippen molar-refractivity contribution in [3.63, 3.8) is 0 Å². The molecule has 0 saturated heterocycles. The molecule has 1 amide bonds. The third-order valence-electron chi connectivity index (χ3n) is 2.28. The average Bonchev–Trinajstić information content (AvgIpc) is 2.10. The van der Waals surface area contributed by atoms with Gasteiger partial charge in [-0.2, -0.15) is 0 Å². The summed E-state index contributed by atoms with van der Waals surface area (Å²) in [4.78, 5) is 13.5. The van der Waals surface area contributed by atoms with Gasteiger partial charge < -0.3 is 16.0 Å². The lowest BCUT2D eigenvalue weighted by atomic mass is 10.0. The van der Waals surface area contributed by atoms with Crippen LogP contribution in [0.4, 0.5) is 0 Å². The number of nitrogens with zero attached hydrogens (tertiary/aromatic N) is 1. The van der Waals surface area contributed by atoms with Crippen LogP contribution in [0.1, 0.15) is 20.3 Å². The summed E-state index contributed by atoms with van der Waals surface area (Å²) in [6, 6.07) is -0.0798. The maximum atomic E-state index is 11.4. The van der Waals surface area contributed by atoms with Crippen molar-refractivity contribution in [1.29, 1.82) is 0 Å². The molecule has 0 aliphatic heterocycles. The molecule has 0 rings (SSSR count). The molecule has 14 heavy (non-hydrogen) atoms. The van der Waals surface area contributed by atoms with Gasteiger partial charge in [-0.15, -0.1) is 0 Å². The summed E-state index contributed by atoms with van der Waals surface area (Å²) in [5.74, 6) is -0.0480. The molecule has 0 aromatic heterocycles. The van der Waals surface area contributed by atoms with E-state index in [9.17, 15) is 4.79 Å². The number of rotatable bonds is 6. The molecule has 0 heterocycles. The SMILES string of the molecule is CC(N)C(C)C(=O)NCCCN(C)C. The first-order valence-corrected chi connectivity index (χ1v) is 5.13. The van der Waals surface area contributed by atoms with E-state index in [1.165, 1.54) is 0 Å². The first kappa shape index (κ1) is 13.4. The fourth-order valence-corrected chi connectivity index (χ4v) is 1.01. The number of carbonyl (C=O) groups is 1. The summed E-state index contributed by atoms with van der Waals surface area (Å²) in [7, 11) is 4.04. The van der Waals surface area contributed by atoms with E-state index in [1.807, 2.05) is 27.9 Å². The predicted molar refractivity (Wildman–Crippen MR) is 59.0 cm³/mol. The van der Waals surface area contributed by atoms with Crippen LogP contribution >= 0.6 is 0 Å². The molecule has 2 unspecified atom stereocenters. The Balaban J connectivity index is 3.54. The van der Waals surface area contributed by atoms with E-state index in [1.54, 1.807) is 0 Å². The molecular formula is C10H23N3O. The van der Waals surface area contributed by atoms with Gasteiger partial charge in [0.2, 0.25) is 5.91 Å². The summed E-state index contributed by atoms with van der Waals surface area (Å²) in [6.07, 6.45) is 0.977. The first-order chi connectivity index (χ1) is 6.45. The summed E-state index contributed by atoms with van der Waals surface area (Å²) in [6.45, 7) is 5.43. The third kappa shape index (κ3) is 5.94. The Morgan fingerprint density at radius 2 is 2.00 bits per heavy atom. The monoisotopic (exact) mass is 201 g/mol. The van der Waals surface area contributed by atoms with Gasteiger partial charge in [-0.1, -0.05) is 6.92 Å². The normalized spacial score (nSPS) is 15.3. The Labute approximate surface area is 86.8 Å².